The lowest BCUT2D eigenvalue weighted by atomic mass is 10.0. The Morgan fingerprint density at radius 3 is 2.73 bits per heavy atom. The third-order valence-corrected chi connectivity index (χ3v) is 4.30. The van der Waals surface area contributed by atoms with Gasteiger partial charge in [0.25, 0.3) is 5.69 Å². The van der Waals surface area contributed by atoms with Crippen LogP contribution in [0.15, 0.2) is 18.2 Å². The number of aryl methyl sites for hydroxylation is 1. The number of morpholine rings is 1. The second-order valence-electron chi connectivity index (χ2n) is 5.57. The number of carbonyl (C=O) groups excluding carboxylic acids is 1. The number of hydrogen-bond acceptors (Lipinski definition) is 6. The van der Waals surface area contributed by atoms with Gasteiger partial charge in [-0.3, -0.25) is 19.8 Å². The lowest BCUT2D eigenvalue weighted by molar-refractivity contribution is -0.384. The van der Waals surface area contributed by atoms with Crippen LogP contribution in [0.2, 0.25) is 0 Å². The Bertz CT molecular complexity index is 572. The Morgan fingerprint density at radius 2 is 2.05 bits per heavy atom. The number of anilines is 1. The van der Waals surface area contributed by atoms with E-state index in [1.807, 2.05) is 4.90 Å². The number of hydrogen-bond donors (Lipinski definition) is 0. The van der Waals surface area contributed by atoms with Crippen LogP contribution >= 0.6 is 0 Å². The maximum atomic E-state index is 11.7. The van der Waals surface area contributed by atoms with Gasteiger partial charge in [0.1, 0.15) is 6.17 Å². The smallest absolute Gasteiger partial charge is 0.271 e. The minimum absolute atomic E-state index is 0.0669. The van der Waals surface area contributed by atoms with Crippen molar-refractivity contribution in [1.29, 1.82) is 0 Å². The van der Waals surface area contributed by atoms with Crippen LogP contribution in [-0.4, -0.2) is 55.1 Å². The van der Waals surface area contributed by atoms with E-state index in [9.17, 15) is 14.9 Å². The van der Waals surface area contributed by atoms with Gasteiger partial charge in [0.05, 0.1) is 18.1 Å². The monoisotopic (exact) mass is 305 g/mol. The summed E-state index contributed by atoms with van der Waals surface area (Å²) in [4.78, 5) is 26.4. The quantitative estimate of drug-likeness (QED) is 0.473. The zero-order valence-electron chi connectivity index (χ0n) is 12.3. The van der Waals surface area contributed by atoms with E-state index >= 15 is 0 Å². The van der Waals surface area contributed by atoms with Crippen LogP contribution in [0.25, 0.3) is 0 Å². The van der Waals surface area contributed by atoms with Crippen LogP contribution in [0.4, 0.5) is 11.4 Å². The minimum Gasteiger partial charge on any atom is -0.379 e. The van der Waals surface area contributed by atoms with Crippen molar-refractivity contribution in [1.82, 2.24) is 4.90 Å². The fourth-order valence-corrected chi connectivity index (χ4v) is 3.18. The lowest BCUT2D eigenvalue weighted by Crippen LogP contribution is -2.54. The molecule has 2 aliphatic rings. The van der Waals surface area contributed by atoms with Crippen molar-refractivity contribution in [3.05, 3.63) is 33.9 Å². The molecule has 1 unspecified atom stereocenters. The summed E-state index contributed by atoms with van der Waals surface area (Å²) in [6, 6.07) is 4.93. The van der Waals surface area contributed by atoms with Crippen molar-refractivity contribution in [2.75, 3.05) is 37.7 Å². The molecule has 0 N–H and O–H groups in total. The number of nitrogens with zero attached hydrogens (tertiary/aromatic N) is 3. The summed E-state index contributed by atoms with van der Waals surface area (Å²) in [6.07, 6.45) is 2.38. The average Bonchev–Trinajstić information content (AvgIpc) is 2.56. The Balaban J connectivity index is 1.92. The second-order valence-corrected chi connectivity index (χ2v) is 5.57. The number of non-ortho nitro benzene ring substituents is 1. The molecule has 22 heavy (non-hydrogen) atoms. The fraction of sp³-hybridized carbons (Fsp3) is 0.533. The average molecular weight is 305 g/mol. The van der Waals surface area contributed by atoms with Crippen molar-refractivity contribution in [3.63, 3.8) is 0 Å². The van der Waals surface area contributed by atoms with Crippen molar-refractivity contribution < 1.29 is 14.5 Å². The van der Waals surface area contributed by atoms with Gasteiger partial charge >= 0.3 is 0 Å². The molecule has 2 aliphatic heterocycles. The Hall–Kier alpha value is -1.99. The molecule has 0 saturated carbocycles. The first-order valence-electron chi connectivity index (χ1n) is 7.52. The van der Waals surface area contributed by atoms with Gasteiger partial charge in [-0.05, 0) is 18.4 Å². The molecule has 7 heteroatoms. The standard InChI is InChI=1S/C15H19N3O4/c19-11-15(16-6-8-22-9-7-16)17-5-1-2-12-3-4-13(18(20)21)10-14(12)17/h3-4,10-11,15H,1-2,5-9H2. The molecule has 0 aromatic heterocycles. The number of carbonyl (C=O) groups is 1. The van der Waals surface area contributed by atoms with Gasteiger partial charge in [0, 0.05) is 37.5 Å². The summed E-state index contributed by atoms with van der Waals surface area (Å²) < 4.78 is 5.34. The van der Waals surface area contributed by atoms with E-state index < -0.39 is 4.92 Å². The predicted molar refractivity (Wildman–Crippen MR) is 81.0 cm³/mol. The van der Waals surface area contributed by atoms with Crippen LogP contribution < -0.4 is 4.90 Å². The molecule has 0 spiro atoms. The highest BCUT2D eigenvalue weighted by Gasteiger charge is 2.30. The Morgan fingerprint density at radius 1 is 1.27 bits per heavy atom. The van der Waals surface area contributed by atoms with Gasteiger partial charge in [-0.2, -0.15) is 0 Å². The number of rotatable bonds is 4. The number of nitro benzene ring substituents is 1. The van der Waals surface area contributed by atoms with E-state index in [-0.39, 0.29) is 11.9 Å². The van der Waals surface area contributed by atoms with Gasteiger partial charge in [0.2, 0.25) is 0 Å². The molecule has 1 aromatic carbocycles. The maximum absolute atomic E-state index is 11.7. The molecule has 0 radical (unpaired) electrons. The summed E-state index contributed by atoms with van der Waals surface area (Å²) in [5.74, 6) is 0. The molecule has 1 aromatic rings. The molecular weight excluding hydrogens is 286 g/mol. The number of benzene rings is 1. The van der Waals surface area contributed by atoms with E-state index in [2.05, 4.69) is 4.90 Å². The van der Waals surface area contributed by atoms with Gasteiger partial charge < -0.3 is 9.64 Å². The van der Waals surface area contributed by atoms with Gasteiger partial charge in [-0.15, -0.1) is 0 Å². The normalized spacial score (nSPS) is 20.3. The summed E-state index contributed by atoms with van der Waals surface area (Å²) >= 11 is 0. The molecule has 2 heterocycles. The number of nitro groups is 1. The van der Waals surface area contributed by atoms with Crippen LogP contribution in [-0.2, 0) is 16.0 Å². The van der Waals surface area contributed by atoms with E-state index in [0.29, 0.717) is 26.3 Å². The number of fused-ring (bicyclic) bond motifs is 1. The topological polar surface area (TPSA) is 75.9 Å². The molecule has 7 nitrogen and oxygen atoms in total. The molecule has 0 bridgehead atoms. The second kappa shape index (κ2) is 6.41. The molecule has 1 fully saturated rings. The third kappa shape index (κ3) is 2.82. The van der Waals surface area contributed by atoms with E-state index in [1.54, 1.807) is 12.1 Å². The molecule has 0 aliphatic carbocycles. The zero-order valence-corrected chi connectivity index (χ0v) is 12.3. The predicted octanol–water partition coefficient (Wildman–Crippen LogP) is 1.20. The Kier molecular flexibility index (Phi) is 4.35. The largest absolute Gasteiger partial charge is 0.379 e. The SMILES string of the molecule is O=CC(N1CCOCC1)N1CCCc2ccc([N+](=O)[O-])cc21. The van der Waals surface area contributed by atoms with Crippen LogP contribution in [0.3, 0.4) is 0 Å². The van der Waals surface area contributed by atoms with Crippen molar-refractivity contribution in [2.45, 2.75) is 19.0 Å². The van der Waals surface area contributed by atoms with Crippen molar-refractivity contribution in [2.24, 2.45) is 0 Å². The van der Waals surface area contributed by atoms with Gasteiger partial charge in [-0.25, -0.2) is 0 Å². The third-order valence-electron chi connectivity index (χ3n) is 4.30. The van der Waals surface area contributed by atoms with Crippen molar-refractivity contribution >= 4 is 17.7 Å². The maximum Gasteiger partial charge on any atom is 0.271 e. The molecular formula is C15H19N3O4. The van der Waals surface area contributed by atoms with Crippen LogP contribution in [0, 0.1) is 10.1 Å². The highest BCUT2D eigenvalue weighted by Crippen LogP contribution is 2.32. The van der Waals surface area contributed by atoms with E-state index in [4.69, 9.17) is 4.74 Å². The molecule has 1 saturated heterocycles. The van der Waals surface area contributed by atoms with Crippen LogP contribution in [0.5, 0.6) is 0 Å². The number of aldehydes is 1. The minimum atomic E-state index is -0.391. The first-order chi connectivity index (χ1) is 10.7. The summed E-state index contributed by atoms with van der Waals surface area (Å²) in [6.45, 7) is 3.35. The van der Waals surface area contributed by atoms with Gasteiger partial charge in [0.15, 0.2) is 6.29 Å². The summed E-state index contributed by atoms with van der Waals surface area (Å²) in [7, 11) is 0. The molecule has 0 amide bonds. The summed E-state index contributed by atoms with van der Waals surface area (Å²) in [5.41, 5.74) is 1.94. The zero-order chi connectivity index (χ0) is 15.5. The number of ether oxygens (including phenoxy) is 1. The first kappa shape index (κ1) is 14.9. The lowest BCUT2D eigenvalue weighted by Gasteiger charge is -2.41. The van der Waals surface area contributed by atoms with E-state index in [0.717, 1.165) is 36.9 Å². The molecule has 3 rings (SSSR count). The highest BCUT2D eigenvalue weighted by molar-refractivity contribution is 5.70. The van der Waals surface area contributed by atoms with E-state index in [1.165, 1.54) is 6.07 Å². The highest BCUT2D eigenvalue weighted by atomic mass is 16.6. The molecule has 1 atom stereocenters. The van der Waals surface area contributed by atoms with Crippen molar-refractivity contribution in [3.8, 4) is 0 Å². The fourth-order valence-electron chi connectivity index (χ4n) is 3.18. The first-order valence-corrected chi connectivity index (χ1v) is 7.52. The Labute approximate surface area is 128 Å². The molecule has 118 valence electrons. The van der Waals surface area contributed by atoms with Gasteiger partial charge in [-0.1, -0.05) is 6.07 Å². The van der Waals surface area contributed by atoms with Crippen LogP contribution in [0.1, 0.15) is 12.0 Å². The summed E-state index contributed by atoms with van der Waals surface area (Å²) in [5, 5.41) is 11.0.